The van der Waals surface area contributed by atoms with Crippen molar-refractivity contribution in [1.82, 2.24) is 15.5 Å². The number of halogens is 1. The summed E-state index contributed by atoms with van der Waals surface area (Å²) < 4.78 is 18.1. The van der Waals surface area contributed by atoms with Crippen molar-refractivity contribution in [2.75, 3.05) is 0 Å². The van der Waals surface area contributed by atoms with E-state index < -0.39 is 6.04 Å². The molecule has 3 rings (SSSR count). The summed E-state index contributed by atoms with van der Waals surface area (Å²) >= 11 is 0. The highest BCUT2D eigenvalue weighted by Gasteiger charge is 2.18. The molecule has 0 saturated carbocycles. The lowest BCUT2D eigenvalue weighted by atomic mass is 10.2. The lowest BCUT2D eigenvalue weighted by Gasteiger charge is -2.09. The number of carbonyl (C=O) groups excluding carboxylic acids is 1. The van der Waals surface area contributed by atoms with Crippen LogP contribution in [0, 0.1) is 5.82 Å². The van der Waals surface area contributed by atoms with Gasteiger partial charge in [0.05, 0.1) is 0 Å². The Morgan fingerprint density at radius 1 is 1.13 bits per heavy atom. The van der Waals surface area contributed by atoms with Gasteiger partial charge in [0.2, 0.25) is 11.7 Å². The van der Waals surface area contributed by atoms with Crippen LogP contribution < -0.4 is 5.32 Å². The molecule has 0 radical (unpaired) electrons. The third kappa shape index (κ3) is 3.42. The number of nitrogens with one attached hydrogen (secondary N) is 1. The number of benzene rings is 2. The Morgan fingerprint density at radius 2 is 1.83 bits per heavy atom. The second kappa shape index (κ2) is 6.39. The first-order valence-corrected chi connectivity index (χ1v) is 7.09. The Labute approximate surface area is 132 Å². The fourth-order valence-electron chi connectivity index (χ4n) is 2.06. The van der Waals surface area contributed by atoms with E-state index in [4.69, 9.17) is 4.52 Å². The molecule has 0 unspecified atom stereocenters. The minimum Gasteiger partial charge on any atom is -0.341 e. The molecule has 0 aliphatic carbocycles. The van der Waals surface area contributed by atoms with Crippen LogP contribution in [0.3, 0.4) is 0 Å². The monoisotopic (exact) mass is 311 g/mol. The summed E-state index contributed by atoms with van der Waals surface area (Å²) in [5.41, 5.74) is 1.20. The maximum Gasteiger partial charge on any atom is 0.251 e. The molecule has 1 aromatic heterocycles. The van der Waals surface area contributed by atoms with Crippen LogP contribution in [-0.2, 0) is 0 Å². The first kappa shape index (κ1) is 14.9. The molecule has 1 amide bonds. The number of rotatable bonds is 4. The van der Waals surface area contributed by atoms with E-state index in [1.807, 2.05) is 6.07 Å². The van der Waals surface area contributed by atoms with Gasteiger partial charge in [-0.15, -0.1) is 0 Å². The minimum atomic E-state index is -0.440. The van der Waals surface area contributed by atoms with Crippen molar-refractivity contribution in [1.29, 1.82) is 0 Å². The molecule has 1 atom stereocenters. The smallest absolute Gasteiger partial charge is 0.251 e. The highest BCUT2D eigenvalue weighted by Crippen LogP contribution is 2.19. The third-order valence-corrected chi connectivity index (χ3v) is 3.30. The van der Waals surface area contributed by atoms with Crippen molar-refractivity contribution in [3.8, 4) is 11.4 Å². The maximum atomic E-state index is 12.9. The van der Waals surface area contributed by atoms with E-state index in [9.17, 15) is 9.18 Å². The molecular weight excluding hydrogens is 297 g/mol. The van der Waals surface area contributed by atoms with E-state index in [0.29, 0.717) is 17.0 Å². The molecular formula is C17H14FN3O2. The van der Waals surface area contributed by atoms with Crippen LogP contribution in [0.5, 0.6) is 0 Å². The van der Waals surface area contributed by atoms with Crippen LogP contribution >= 0.6 is 0 Å². The van der Waals surface area contributed by atoms with Crippen molar-refractivity contribution in [2.45, 2.75) is 13.0 Å². The average Bonchev–Trinajstić information content (AvgIpc) is 3.06. The van der Waals surface area contributed by atoms with Crippen LogP contribution in [0.1, 0.15) is 29.2 Å². The van der Waals surface area contributed by atoms with Crippen molar-refractivity contribution < 1.29 is 13.7 Å². The first-order chi connectivity index (χ1) is 11.1. The fraction of sp³-hybridized carbons (Fsp3) is 0.118. The van der Waals surface area contributed by atoms with Crippen molar-refractivity contribution >= 4 is 5.91 Å². The Hall–Kier alpha value is -3.02. The topological polar surface area (TPSA) is 68.0 Å². The SMILES string of the molecule is C[C@H](NC(=O)c1ccccc1)c1nc(-c2ccc(F)cc2)no1. The van der Waals surface area contributed by atoms with Crippen LogP contribution in [0.15, 0.2) is 59.1 Å². The molecule has 0 saturated heterocycles. The molecule has 5 nitrogen and oxygen atoms in total. The number of hydrogen-bond donors (Lipinski definition) is 1. The Kier molecular flexibility index (Phi) is 4.14. The second-order valence-corrected chi connectivity index (χ2v) is 5.02. The van der Waals surface area contributed by atoms with E-state index in [0.717, 1.165) is 0 Å². The Balaban J connectivity index is 1.72. The van der Waals surface area contributed by atoms with E-state index in [1.54, 1.807) is 43.3 Å². The number of amides is 1. The predicted molar refractivity (Wildman–Crippen MR) is 82.0 cm³/mol. The molecule has 0 aliphatic heterocycles. The van der Waals surface area contributed by atoms with Crippen LogP contribution in [-0.4, -0.2) is 16.0 Å². The zero-order valence-corrected chi connectivity index (χ0v) is 12.4. The lowest BCUT2D eigenvalue weighted by Crippen LogP contribution is -2.26. The second-order valence-electron chi connectivity index (χ2n) is 5.02. The number of aromatic nitrogens is 2. The molecule has 2 aromatic carbocycles. The molecule has 0 spiro atoms. The zero-order chi connectivity index (χ0) is 16.2. The molecule has 116 valence electrons. The standard InChI is InChI=1S/C17H14FN3O2/c1-11(19-16(22)13-5-3-2-4-6-13)17-20-15(21-23-17)12-7-9-14(18)10-8-12/h2-11H,1H3,(H,19,22)/t11-/m0/s1. The molecule has 3 aromatic rings. The predicted octanol–water partition coefficient (Wildman–Crippen LogP) is 3.37. The molecule has 0 aliphatic rings. The van der Waals surface area contributed by atoms with Gasteiger partial charge in [-0.25, -0.2) is 4.39 Å². The fourth-order valence-corrected chi connectivity index (χ4v) is 2.06. The maximum absolute atomic E-state index is 12.9. The van der Waals surface area contributed by atoms with Crippen molar-refractivity contribution in [3.05, 3.63) is 71.9 Å². The highest BCUT2D eigenvalue weighted by atomic mass is 19.1. The summed E-state index contributed by atoms with van der Waals surface area (Å²) in [5.74, 6) is 0.0787. The molecule has 6 heteroatoms. The zero-order valence-electron chi connectivity index (χ0n) is 12.4. The normalized spacial score (nSPS) is 11.9. The summed E-state index contributed by atoms with van der Waals surface area (Å²) in [6, 6.07) is 14.2. The first-order valence-electron chi connectivity index (χ1n) is 7.09. The molecule has 23 heavy (non-hydrogen) atoms. The van der Waals surface area contributed by atoms with Gasteiger partial charge in [-0.2, -0.15) is 4.98 Å². The third-order valence-electron chi connectivity index (χ3n) is 3.30. The Morgan fingerprint density at radius 3 is 2.52 bits per heavy atom. The van der Waals surface area contributed by atoms with Gasteiger partial charge in [-0.05, 0) is 43.3 Å². The van der Waals surface area contributed by atoms with Gasteiger partial charge in [0.25, 0.3) is 5.91 Å². The summed E-state index contributed by atoms with van der Waals surface area (Å²) in [6.45, 7) is 1.75. The van der Waals surface area contributed by atoms with Crippen molar-refractivity contribution in [3.63, 3.8) is 0 Å². The van der Waals surface area contributed by atoms with Crippen LogP contribution in [0.2, 0.25) is 0 Å². The number of nitrogens with zero attached hydrogens (tertiary/aromatic N) is 2. The summed E-state index contributed by atoms with van der Waals surface area (Å²) in [7, 11) is 0. The largest absolute Gasteiger partial charge is 0.341 e. The van der Waals surface area contributed by atoms with Gasteiger partial charge >= 0.3 is 0 Å². The van der Waals surface area contributed by atoms with E-state index in [2.05, 4.69) is 15.5 Å². The summed E-state index contributed by atoms with van der Waals surface area (Å²) in [4.78, 5) is 16.3. The van der Waals surface area contributed by atoms with Gasteiger partial charge in [0.1, 0.15) is 11.9 Å². The molecule has 0 bridgehead atoms. The van der Waals surface area contributed by atoms with E-state index in [1.165, 1.54) is 12.1 Å². The summed E-state index contributed by atoms with van der Waals surface area (Å²) in [6.07, 6.45) is 0. The molecule has 1 N–H and O–H groups in total. The molecule has 1 heterocycles. The molecule has 0 fully saturated rings. The van der Waals surface area contributed by atoms with Gasteiger partial charge in [0, 0.05) is 11.1 Å². The van der Waals surface area contributed by atoms with Crippen LogP contribution in [0.4, 0.5) is 4.39 Å². The van der Waals surface area contributed by atoms with Crippen LogP contribution in [0.25, 0.3) is 11.4 Å². The number of carbonyl (C=O) groups is 1. The quantitative estimate of drug-likeness (QED) is 0.802. The van der Waals surface area contributed by atoms with E-state index >= 15 is 0 Å². The van der Waals surface area contributed by atoms with E-state index in [-0.39, 0.29) is 17.6 Å². The van der Waals surface area contributed by atoms with Gasteiger partial charge in [0.15, 0.2) is 0 Å². The Bertz CT molecular complexity index is 800. The lowest BCUT2D eigenvalue weighted by molar-refractivity contribution is 0.0932. The van der Waals surface area contributed by atoms with Gasteiger partial charge in [-0.3, -0.25) is 4.79 Å². The van der Waals surface area contributed by atoms with Gasteiger partial charge in [-0.1, -0.05) is 23.4 Å². The number of hydrogen-bond acceptors (Lipinski definition) is 4. The average molecular weight is 311 g/mol. The van der Waals surface area contributed by atoms with Crippen molar-refractivity contribution in [2.24, 2.45) is 0 Å². The summed E-state index contributed by atoms with van der Waals surface area (Å²) in [5, 5.41) is 6.65. The minimum absolute atomic E-state index is 0.223. The highest BCUT2D eigenvalue weighted by molar-refractivity contribution is 5.94. The van der Waals surface area contributed by atoms with Gasteiger partial charge < -0.3 is 9.84 Å².